The first-order valence-corrected chi connectivity index (χ1v) is 11.4. The Bertz CT molecular complexity index is 865. The fourth-order valence-corrected chi connectivity index (χ4v) is 4.40. The molecule has 0 aliphatic heterocycles. The molecule has 0 heterocycles. The van der Waals surface area contributed by atoms with Crippen LogP contribution in [-0.2, 0) is 21.2 Å². The molecule has 2 rings (SSSR count). The second-order valence-corrected chi connectivity index (χ2v) is 8.65. The highest BCUT2D eigenvalue weighted by atomic mass is 32.2. The number of carbonyl (C=O) groups is 1. The molecule has 1 atom stereocenters. The molecule has 0 aliphatic carbocycles. The fourth-order valence-electron chi connectivity index (χ4n) is 2.67. The van der Waals surface area contributed by atoms with Crippen LogP contribution in [0, 0.1) is 0 Å². The Morgan fingerprint density at radius 2 is 1.77 bits per heavy atom. The molecule has 0 aromatic heterocycles. The van der Waals surface area contributed by atoms with Crippen LogP contribution >= 0.6 is 11.8 Å². The van der Waals surface area contributed by atoms with Crippen molar-refractivity contribution in [3.05, 3.63) is 54.1 Å². The largest absolute Gasteiger partial charge is 0.323 e. The number of nitrogens with zero attached hydrogens (tertiary/aromatic N) is 1. The van der Waals surface area contributed by atoms with E-state index in [9.17, 15) is 13.2 Å². The number of aryl methyl sites for hydroxylation is 1. The zero-order valence-corrected chi connectivity index (χ0v) is 17.0. The van der Waals surface area contributed by atoms with Crippen LogP contribution in [0.1, 0.15) is 19.4 Å². The van der Waals surface area contributed by atoms with Gasteiger partial charge in [0.05, 0.1) is 17.6 Å². The van der Waals surface area contributed by atoms with Gasteiger partial charge in [-0.25, -0.2) is 8.42 Å². The number of hydrogen-bond donors (Lipinski definition) is 1. The normalized spacial score (nSPS) is 12.5. The van der Waals surface area contributed by atoms with Crippen LogP contribution in [0.4, 0.5) is 11.4 Å². The summed E-state index contributed by atoms with van der Waals surface area (Å²) < 4.78 is 25.9. The van der Waals surface area contributed by atoms with Gasteiger partial charge in [0.15, 0.2) is 0 Å². The van der Waals surface area contributed by atoms with E-state index >= 15 is 0 Å². The van der Waals surface area contributed by atoms with Crippen molar-refractivity contribution < 1.29 is 13.2 Å². The quantitative estimate of drug-likeness (QED) is 0.729. The average molecular weight is 393 g/mol. The lowest BCUT2D eigenvalue weighted by molar-refractivity contribution is -0.116. The lowest BCUT2D eigenvalue weighted by Crippen LogP contribution is -2.45. The molecule has 0 unspecified atom stereocenters. The molecule has 0 bridgehead atoms. The fraction of sp³-hybridized carbons (Fsp3) is 0.316. The van der Waals surface area contributed by atoms with Crippen molar-refractivity contribution >= 4 is 39.1 Å². The van der Waals surface area contributed by atoms with Crippen molar-refractivity contribution in [2.24, 2.45) is 0 Å². The van der Waals surface area contributed by atoms with Gasteiger partial charge in [-0.1, -0.05) is 31.2 Å². The van der Waals surface area contributed by atoms with E-state index in [0.29, 0.717) is 11.4 Å². The summed E-state index contributed by atoms with van der Waals surface area (Å²) >= 11 is 1.52. The third-order valence-electron chi connectivity index (χ3n) is 4.05. The maximum absolute atomic E-state index is 12.7. The van der Waals surface area contributed by atoms with Crippen molar-refractivity contribution in [3.8, 4) is 0 Å². The summed E-state index contributed by atoms with van der Waals surface area (Å²) in [5, 5.41) is 2.84. The zero-order chi connectivity index (χ0) is 19.3. The first-order chi connectivity index (χ1) is 12.3. The van der Waals surface area contributed by atoms with E-state index in [2.05, 4.69) is 5.32 Å². The summed E-state index contributed by atoms with van der Waals surface area (Å²) in [6.45, 7) is 3.62. The Morgan fingerprint density at radius 3 is 2.31 bits per heavy atom. The Hall–Kier alpha value is -1.99. The highest BCUT2D eigenvalue weighted by Crippen LogP contribution is 2.26. The SMILES string of the molecule is CCc1ccc(N([C@H](C)C(=O)Nc2ccccc2SC)S(C)(=O)=O)cc1. The second kappa shape index (κ2) is 8.60. The van der Waals surface area contributed by atoms with Gasteiger partial charge in [0.25, 0.3) is 0 Å². The Balaban J connectivity index is 2.31. The average Bonchev–Trinajstić information content (AvgIpc) is 2.61. The van der Waals surface area contributed by atoms with Crippen LogP contribution in [0.5, 0.6) is 0 Å². The third kappa shape index (κ3) is 4.80. The van der Waals surface area contributed by atoms with E-state index in [0.717, 1.165) is 27.4 Å². The molecule has 1 amide bonds. The van der Waals surface area contributed by atoms with Crippen LogP contribution in [-0.4, -0.2) is 32.9 Å². The van der Waals surface area contributed by atoms with Gasteiger partial charge in [-0.15, -0.1) is 11.8 Å². The van der Waals surface area contributed by atoms with Gasteiger partial charge >= 0.3 is 0 Å². The van der Waals surface area contributed by atoms with Gasteiger partial charge in [-0.2, -0.15) is 0 Å². The molecule has 1 N–H and O–H groups in total. The minimum absolute atomic E-state index is 0.378. The van der Waals surface area contributed by atoms with Crippen molar-refractivity contribution in [1.82, 2.24) is 0 Å². The molecule has 0 saturated carbocycles. The number of hydrogen-bond acceptors (Lipinski definition) is 4. The van der Waals surface area contributed by atoms with Gasteiger partial charge < -0.3 is 5.32 Å². The van der Waals surface area contributed by atoms with Crippen LogP contribution in [0.3, 0.4) is 0 Å². The first kappa shape index (κ1) is 20.3. The molecular weight excluding hydrogens is 368 g/mol. The summed E-state index contributed by atoms with van der Waals surface area (Å²) in [5.41, 5.74) is 2.25. The molecule has 0 saturated heterocycles. The molecule has 140 valence electrons. The van der Waals surface area contributed by atoms with Crippen LogP contribution in [0.2, 0.25) is 0 Å². The second-order valence-electron chi connectivity index (χ2n) is 5.94. The number of rotatable bonds is 7. The predicted octanol–water partition coefficient (Wildman–Crippen LogP) is 3.76. The van der Waals surface area contributed by atoms with E-state index in [4.69, 9.17) is 0 Å². The minimum Gasteiger partial charge on any atom is -0.323 e. The Morgan fingerprint density at radius 1 is 1.15 bits per heavy atom. The number of amides is 1. The molecule has 0 spiro atoms. The van der Waals surface area contributed by atoms with Gasteiger partial charge in [0.1, 0.15) is 6.04 Å². The van der Waals surface area contributed by atoms with Crippen molar-refractivity contribution in [2.45, 2.75) is 31.2 Å². The van der Waals surface area contributed by atoms with E-state index in [1.165, 1.54) is 11.8 Å². The van der Waals surface area contributed by atoms with Crippen molar-refractivity contribution in [1.29, 1.82) is 0 Å². The Labute approximate surface area is 159 Å². The summed E-state index contributed by atoms with van der Waals surface area (Å²) in [5.74, 6) is -0.378. The van der Waals surface area contributed by atoms with Gasteiger partial charge in [0, 0.05) is 4.90 Å². The molecule has 26 heavy (non-hydrogen) atoms. The maximum atomic E-state index is 12.7. The third-order valence-corrected chi connectivity index (χ3v) is 6.09. The van der Waals surface area contributed by atoms with Gasteiger partial charge in [-0.3, -0.25) is 9.10 Å². The number of carbonyl (C=O) groups excluding carboxylic acids is 1. The van der Waals surface area contributed by atoms with E-state index in [1.807, 2.05) is 43.5 Å². The maximum Gasteiger partial charge on any atom is 0.248 e. The molecule has 0 aliphatic rings. The number of para-hydroxylation sites is 1. The minimum atomic E-state index is -3.62. The summed E-state index contributed by atoms with van der Waals surface area (Å²) in [7, 11) is -3.62. The van der Waals surface area contributed by atoms with Crippen LogP contribution in [0.25, 0.3) is 0 Å². The monoisotopic (exact) mass is 392 g/mol. The lowest BCUT2D eigenvalue weighted by Gasteiger charge is -2.28. The summed E-state index contributed by atoms with van der Waals surface area (Å²) in [6.07, 6.45) is 3.90. The number of benzene rings is 2. The number of thioether (sulfide) groups is 1. The van der Waals surface area contributed by atoms with Crippen molar-refractivity contribution in [2.75, 3.05) is 22.1 Å². The molecule has 0 fully saturated rings. The van der Waals surface area contributed by atoms with E-state index in [1.54, 1.807) is 25.1 Å². The van der Waals surface area contributed by atoms with Crippen LogP contribution < -0.4 is 9.62 Å². The standard InChI is InChI=1S/C19H24N2O3S2/c1-5-15-10-12-16(13-11-15)21(26(4,23)24)14(2)19(22)20-17-8-6-7-9-18(17)25-3/h6-14H,5H2,1-4H3,(H,20,22)/t14-/m1/s1. The first-order valence-electron chi connectivity index (χ1n) is 8.30. The highest BCUT2D eigenvalue weighted by molar-refractivity contribution is 7.98. The number of nitrogens with one attached hydrogen (secondary N) is 1. The lowest BCUT2D eigenvalue weighted by atomic mass is 10.1. The van der Waals surface area contributed by atoms with Crippen LogP contribution in [0.15, 0.2) is 53.4 Å². The summed E-state index contributed by atoms with van der Waals surface area (Å²) in [4.78, 5) is 13.7. The van der Waals surface area contributed by atoms with E-state index in [-0.39, 0.29) is 5.91 Å². The predicted molar refractivity (Wildman–Crippen MR) is 109 cm³/mol. The zero-order valence-electron chi connectivity index (χ0n) is 15.4. The van der Waals surface area contributed by atoms with Crippen molar-refractivity contribution in [3.63, 3.8) is 0 Å². The van der Waals surface area contributed by atoms with Gasteiger partial charge in [-0.05, 0) is 49.4 Å². The van der Waals surface area contributed by atoms with Gasteiger partial charge in [0.2, 0.25) is 15.9 Å². The van der Waals surface area contributed by atoms with E-state index < -0.39 is 16.1 Å². The number of anilines is 2. The Kier molecular flexibility index (Phi) is 6.72. The smallest absolute Gasteiger partial charge is 0.248 e. The summed E-state index contributed by atoms with van der Waals surface area (Å²) in [6, 6.07) is 13.8. The molecule has 5 nitrogen and oxygen atoms in total. The molecule has 0 radical (unpaired) electrons. The molecule has 2 aromatic rings. The molecular formula is C19H24N2O3S2. The number of sulfonamides is 1. The highest BCUT2D eigenvalue weighted by Gasteiger charge is 2.29. The topological polar surface area (TPSA) is 66.5 Å². The molecule has 7 heteroatoms. The molecule has 2 aromatic carbocycles.